The van der Waals surface area contributed by atoms with E-state index in [1.54, 1.807) is 7.11 Å². The molecule has 1 unspecified atom stereocenters. The summed E-state index contributed by atoms with van der Waals surface area (Å²) in [5.41, 5.74) is 1.08. The summed E-state index contributed by atoms with van der Waals surface area (Å²) in [6.07, 6.45) is 7.94. The highest BCUT2D eigenvalue weighted by Gasteiger charge is 2.36. The zero-order chi connectivity index (χ0) is 16.2. The van der Waals surface area contributed by atoms with Crippen molar-refractivity contribution in [3.8, 4) is 0 Å². The average Bonchev–Trinajstić information content (AvgIpc) is 3.26. The lowest BCUT2D eigenvalue weighted by Gasteiger charge is -2.29. The third-order valence-corrected chi connectivity index (χ3v) is 5.19. The molecule has 2 aliphatic rings. The van der Waals surface area contributed by atoms with Crippen molar-refractivity contribution < 1.29 is 9.53 Å². The van der Waals surface area contributed by atoms with Gasteiger partial charge in [-0.1, -0.05) is 6.92 Å². The van der Waals surface area contributed by atoms with E-state index in [0.29, 0.717) is 18.6 Å². The normalized spacial score (nSPS) is 28.3. The molecule has 128 valence electrons. The summed E-state index contributed by atoms with van der Waals surface area (Å²) in [5.74, 6) is 0.830. The van der Waals surface area contributed by atoms with E-state index in [4.69, 9.17) is 4.74 Å². The second-order valence-electron chi connectivity index (χ2n) is 6.70. The molecule has 1 aromatic rings. The Kier molecular flexibility index (Phi) is 5.33. The predicted octanol–water partition coefficient (Wildman–Crippen LogP) is 1.27. The number of hydrogen-bond donors (Lipinski definition) is 2. The van der Waals surface area contributed by atoms with Crippen LogP contribution in [0.3, 0.4) is 0 Å². The Morgan fingerprint density at radius 1 is 1.48 bits per heavy atom. The highest BCUT2D eigenvalue weighted by atomic mass is 16.5. The Labute approximate surface area is 138 Å². The van der Waals surface area contributed by atoms with Crippen LogP contribution in [0, 0.1) is 0 Å². The van der Waals surface area contributed by atoms with E-state index >= 15 is 0 Å². The van der Waals surface area contributed by atoms with E-state index in [-0.39, 0.29) is 11.9 Å². The van der Waals surface area contributed by atoms with Gasteiger partial charge in [-0.25, -0.2) is 4.98 Å². The van der Waals surface area contributed by atoms with Gasteiger partial charge in [0.25, 0.3) is 0 Å². The van der Waals surface area contributed by atoms with Gasteiger partial charge in [0.15, 0.2) is 0 Å². The van der Waals surface area contributed by atoms with Crippen LogP contribution in [0.15, 0.2) is 6.20 Å². The molecule has 0 spiro atoms. The fourth-order valence-corrected chi connectivity index (χ4v) is 3.88. The van der Waals surface area contributed by atoms with Crippen molar-refractivity contribution in [1.29, 1.82) is 0 Å². The molecule has 2 heterocycles. The third-order valence-electron chi connectivity index (χ3n) is 5.19. The molecule has 1 aliphatic carbocycles. The molecule has 6 nitrogen and oxygen atoms in total. The molecule has 3 rings (SSSR count). The van der Waals surface area contributed by atoms with Crippen molar-refractivity contribution in [2.24, 2.45) is 0 Å². The van der Waals surface area contributed by atoms with Gasteiger partial charge in [-0.3, -0.25) is 9.69 Å². The minimum atomic E-state index is 0.0707. The van der Waals surface area contributed by atoms with E-state index < -0.39 is 0 Å². The Balaban J connectivity index is 1.52. The quantitative estimate of drug-likeness (QED) is 0.828. The Morgan fingerprint density at radius 3 is 3.04 bits per heavy atom. The predicted molar refractivity (Wildman–Crippen MR) is 88.2 cm³/mol. The molecule has 1 saturated carbocycles. The fraction of sp³-hybridized carbons (Fsp3) is 0.765. The number of aryl methyl sites for hydroxylation is 1. The van der Waals surface area contributed by atoms with Gasteiger partial charge in [-0.2, -0.15) is 0 Å². The van der Waals surface area contributed by atoms with Crippen LogP contribution in [0.2, 0.25) is 0 Å². The number of hydrogen-bond acceptors (Lipinski definition) is 4. The molecule has 3 atom stereocenters. The second-order valence-corrected chi connectivity index (χ2v) is 6.70. The minimum absolute atomic E-state index is 0.0707. The Bertz CT molecular complexity index is 530. The van der Waals surface area contributed by atoms with E-state index in [1.165, 1.54) is 12.8 Å². The van der Waals surface area contributed by atoms with Gasteiger partial charge in [0.2, 0.25) is 5.91 Å². The molecule has 1 amide bonds. The lowest BCUT2D eigenvalue weighted by Crippen LogP contribution is -2.48. The first kappa shape index (κ1) is 16.5. The number of methoxy groups -OCH3 is 1. The summed E-state index contributed by atoms with van der Waals surface area (Å²) >= 11 is 0. The summed E-state index contributed by atoms with van der Waals surface area (Å²) in [6.45, 7) is 4.14. The molecule has 0 bridgehead atoms. The highest BCUT2D eigenvalue weighted by molar-refractivity contribution is 5.78. The number of ether oxygens (including phenoxy) is 1. The molecule has 1 aliphatic heterocycles. The number of rotatable bonds is 6. The van der Waals surface area contributed by atoms with Crippen LogP contribution in [0.5, 0.6) is 0 Å². The van der Waals surface area contributed by atoms with Crippen LogP contribution in [-0.2, 0) is 22.4 Å². The molecule has 6 heteroatoms. The van der Waals surface area contributed by atoms with Crippen molar-refractivity contribution in [2.45, 2.75) is 63.6 Å². The lowest BCUT2D eigenvalue weighted by atomic mass is 10.1. The number of likely N-dealkylation sites (tertiary alicyclic amines) is 1. The summed E-state index contributed by atoms with van der Waals surface area (Å²) in [5, 5.41) is 3.23. The second kappa shape index (κ2) is 7.45. The lowest BCUT2D eigenvalue weighted by molar-refractivity contribution is -0.121. The molecule has 0 aromatic carbocycles. The van der Waals surface area contributed by atoms with Crippen LogP contribution in [-0.4, -0.2) is 59.2 Å². The molecular weight excluding hydrogens is 292 g/mol. The number of nitrogens with one attached hydrogen (secondary N) is 2. The first-order valence-corrected chi connectivity index (χ1v) is 8.78. The highest BCUT2D eigenvalue weighted by Crippen LogP contribution is 2.28. The maximum Gasteiger partial charge on any atom is 0.227 e. The van der Waals surface area contributed by atoms with Crippen LogP contribution >= 0.6 is 0 Å². The van der Waals surface area contributed by atoms with Gasteiger partial charge in [0.05, 0.1) is 12.5 Å². The van der Waals surface area contributed by atoms with Crippen LogP contribution in [0.4, 0.5) is 0 Å². The third kappa shape index (κ3) is 3.93. The van der Waals surface area contributed by atoms with Crippen molar-refractivity contribution in [1.82, 2.24) is 20.2 Å². The van der Waals surface area contributed by atoms with E-state index in [0.717, 1.165) is 43.9 Å². The zero-order valence-electron chi connectivity index (χ0n) is 14.2. The molecule has 1 saturated heterocycles. The average molecular weight is 320 g/mol. The van der Waals surface area contributed by atoms with Gasteiger partial charge in [0, 0.05) is 44.2 Å². The summed E-state index contributed by atoms with van der Waals surface area (Å²) in [4.78, 5) is 22.3. The maximum absolute atomic E-state index is 12.3. The smallest absolute Gasteiger partial charge is 0.227 e. The van der Waals surface area contributed by atoms with Crippen molar-refractivity contribution >= 4 is 5.91 Å². The van der Waals surface area contributed by atoms with E-state index in [2.05, 4.69) is 27.1 Å². The Morgan fingerprint density at radius 2 is 2.35 bits per heavy atom. The van der Waals surface area contributed by atoms with Gasteiger partial charge >= 0.3 is 0 Å². The zero-order valence-corrected chi connectivity index (χ0v) is 14.2. The largest absolute Gasteiger partial charge is 0.380 e. The summed E-state index contributed by atoms with van der Waals surface area (Å²) in [7, 11) is 1.79. The summed E-state index contributed by atoms with van der Waals surface area (Å²) in [6, 6.07) is 0.723. The van der Waals surface area contributed by atoms with Crippen LogP contribution < -0.4 is 5.32 Å². The molecule has 23 heavy (non-hydrogen) atoms. The van der Waals surface area contributed by atoms with Crippen molar-refractivity contribution in [2.75, 3.05) is 20.2 Å². The number of aromatic amines is 1. The summed E-state index contributed by atoms with van der Waals surface area (Å²) < 4.78 is 5.47. The van der Waals surface area contributed by atoms with Crippen LogP contribution in [0.1, 0.15) is 44.1 Å². The monoisotopic (exact) mass is 320 g/mol. The SMILES string of the molecule is CCc1cnc(CC(=O)N[C@@H]2CCC[C@@H]2N2CCC(OC)C2)[nH]1. The fourth-order valence-electron chi connectivity index (χ4n) is 3.88. The first-order chi connectivity index (χ1) is 11.2. The van der Waals surface area contributed by atoms with Gasteiger partial charge in [-0.05, 0) is 32.1 Å². The van der Waals surface area contributed by atoms with Gasteiger partial charge in [0.1, 0.15) is 5.82 Å². The molecule has 2 fully saturated rings. The number of aromatic nitrogens is 2. The molecule has 0 radical (unpaired) electrons. The molecule has 2 N–H and O–H groups in total. The number of nitrogens with zero attached hydrogens (tertiary/aromatic N) is 2. The number of amides is 1. The van der Waals surface area contributed by atoms with E-state index in [1.807, 2.05) is 6.20 Å². The molecule has 1 aromatic heterocycles. The standard InChI is InChI=1S/C17H28N4O2/c1-3-12-10-18-16(19-12)9-17(22)20-14-5-4-6-15(14)21-8-7-13(11-21)23-2/h10,13-15H,3-9,11H2,1-2H3,(H,18,19)(H,20,22)/t13?,14-,15+/m1/s1. The maximum atomic E-state index is 12.3. The Hall–Kier alpha value is -1.40. The first-order valence-electron chi connectivity index (χ1n) is 8.78. The topological polar surface area (TPSA) is 70.2 Å². The molecular formula is C17H28N4O2. The number of imidazole rings is 1. The number of carbonyl (C=O) groups excluding carboxylic acids is 1. The van der Waals surface area contributed by atoms with Crippen molar-refractivity contribution in [3.63, 3.8) is 0 Å². The van der Waals surface area contributed by atoms with Gasteiger partial charge < -0.3 is 15.0 Å². The van der Waals surface area contributed by atoms with E-state index in [9.17, 15) is 4.79 Å². The van der Waals surface area contributed by atoms with Crippen molar-refractivity contribution in [3.05, 3.63) is 17.7 Å². The van der Waals surface area contributed by atoms with Crippen LogP contribution in [0.25, 0.3) is 0 Å². The number of carbonyl (C=O) groups is 1. The number of H-pyrrole nitrogens is 1. The minimum Gasteiger partial charge on any atom is -0.380 e. The van der Waals surface area contributed by atoms with Gasteiger partial charge in [-0.15, -0.1) is 0 Å².